The summed E-state index contributed by atoms with van der Waals surface area (Å²) in [4.78, 5) is 0. The zero-order chi connectivity index (χ0) is 14.2. The predicted molar refractivity (Wildman–Crippen MR) is 80.9 cm³/mol. The van der Waals surface area contributed by atoms with Gasteiger partial charge in [0.15, 0.2) is 0 Å². The van der Waals surface area contributed by atoms with E-state index in [1.807, 2.05) is 0 Å². The van der Waals surface area contributed by atoms with Crippen molar-refractivity contribution >= 4 is 0 Å². The summed E-state index contributed by atoms with van der Waals surface area (Å²) in [5, 5.41) is 21.5. The Balaban J connectivity index is 3.09. The highest BCUT2D eigenvalue weighted by Gasteiger charge is 2.01. The van der Waals surface area contributed by atoms with Gasteiger partial charge in [-0.25, -0.2) is 0 Å². The fourth-order valence-corrected chi connectivity index (χ4v) is 2.15. The lowest BCUT2D eigenvalue weighted by Crippen LogP contribution is -2.29. The average molecular weight is 274 g/mol. The maximum atomic E-state index is 9.71. The van der Waals surface area contributed by atoms with E-state index in [2.05, 4.69) is 5.32 Å². The molecule has 4 heteroatoms. The van der Waals surface area contributed by atoms with Gasteiger partial charge < -0.3 is 15.9 Å². The van der Waals surface area contributed by atoms with Gasteiger partial charge in [-0.3, -0.25) is 5.32 Å². The Labute approximate surface area is 118 Å². The summed E-state index contributed by atoms with van der Waals surface area (Å²) in [6, 6.07) is 0. The maximum Gasteiger partial charge on any atom is 0.104 e. The minimum Gasteiger partial charge on any atom is -0.396 e. The van der Waals surface area contributed by atoms with Crippen molar-refractivity contribution in [1.82, 2.24) is 5.32 Å². The number of hydrogen-bond acceptors (Lipinski definition) is 4. The third kappa shape index (κ3) is 15.8. The van der Waals surface area contributed by atoms with Crippen molar-refractivity contribution in [3.63, 3.8) is 0 Å². The first-order valence-corrected chi connectivity index (χ1v) is 8.03. The van der Waals surface area contributed by atoms with Crippen molar-refractivity contribution in [3.05, 3.63) is 0 Å². The number of rotatable bonds is 15. The smallest absolute Gasteiger partial charge is 0.104 e. The van der Waals surface area contributed by atoms with Gasteiger partial charge in [-0.15, -0.1) is 0 Å². The molecule has 0 heterocycles. The largest absolute Gasteiger partial charge is 0.396 e. The monoisotopic (exact) mass is 274 g/mol. The van der Waals surface area contributed by atoms with Crippen LogP contribution in [-0.2, 0) is 0 Å². The van der Waals surface area contributed by atoms with Crippen LogP contribution in [0.15, 0.2) is 0 Å². The molecular formula is C15H34N2O2. The van der Waals surface area contributed by atoms with Crippen LogP contribution in [0.1, 0.15) is 70.6 Å². The van der Waals surface area contributed by atoms with Crippen LogP contribution in [0.3, 0.4) is 0 Å². The molecule has 0 saturated carbocycles. The van der Waals surface area contributed by atoms with E-state index in [-0.39, 0.29) is 6.23 Å². The minimum absolute atomic E-state index is 0.318. The van der Waals surface area contributed by atoms with E-state index in [4.69, 9.17) is 10.8 Å². The number of hydrogen-bond donors (Lipinski definition) is 4. The van der Waals surface area contributed by atoms with Crippen molar-refractivity contribution in [2.45, 2.75) is 76.9 Å². The van der Waals surface area contributed by atoms with Gasteiger partial charge in [0.05, 0.1) is 0 Å². The number of aliphatic hydroxyl groups excluding tert-OH is 2. The molecule has 0 aromatic heterocycles. The van der Waals surface area contributed by atoms with Crippen LogP contribution in [0, 0.1) is 0 Å². The Kier molecular flexibility index (Phi) is 15.8. The van der Waals surface area contributed by atoms with Crippen LogP contribution in [0.4, 0.5) is 0 Å². The van der Waals surface area contributed by atoms with Gasteiger partial charge in [0, 0.05) is 6.61 Å². The van der Waals surface area contributed by atoms with Gasteiger partial charge in [0.25, 0.3) is 0 Å². The quantitative estimate of drug-likeness (QED) is 0.272. The van der Waals surface area contributed by atoms with Gasteiger partial charge in [0.1, 0.15) is 6.23 Å². The molecule has 0 aliphatic heterocycles. The molecule has 0 aromatic rings. The Morgan fingerprint density at radius 3 is 2.05 bits per heavy atom. The Bertz CT molecular complexity index is 168. The van der Waals surface area contributed by atoms with Crippen molar-refractivity contribution in [3.8, 4) is 0 Å². The Hall–Kier alpha value is -0.160. The predicted octanol–water partition coefficient (Wildman–Crippen LogP) is 2.14. The third-order valence-electron chi connectivity index (χ3n) is 3.40. The molecule has 1 unspecified atom stereocenters. The summed E-state index contributed by atoms with van der Waals surface area (Å²) in [7, 11) is 0. The second-order valence-electron chi connectivity index (χ2n) is 5.31. The van der Waals surface area contributed by atoms with E-state index in [0.29, 0.717) is 6.61 Å². The lowest BCUT2D eigenvalue weighted by molar-refractivity contribution is 0.124. The van der Waals surface area contributed by atoms with Crippen LogP contribution in [0.25, 0.3) is 0 Å². The molecular weight excluding hydrogens is 240 g/mol. The molecule has 0 saturated heterocycles. The second-order valence-corrected chi connectivity index (χ2v) is 5.31. The highest BCUT2D eigenvalue weighted by molar-refractivity contribution is 4.56. The number of nitrogens with one attached hydrogen (secondary N) is 1. The highest BCUT2D eigenvalue weighted by Crippen LogP contribution is 2.06. The van der Waals surface area contributed by atoms with Crippen LogP contribution in [0.2, 0.25) is 0 Å². The van der Waals surface area contributed by atoms with Crippen molar-refractivity contribution in [2.75, 3.05) is 19.7 Å². The molecule has 116 valence electrons. The highest BCUT2D eigenvalue weighted by atomic mass is 16.3. The molecule has 5 N–H and O–H groups in total. The van der Waals surface area contributed by atoms with Gasteiger partial charge in [-0.1, -0.05) is 38.5 Å². The van der Waals surface area contributed by atoms with E-state index < -0.39 is 0 Å². The lowest BCUT2D eigenvalue weighted by Gasteiger charge is -2.12. The fraction of sp³-hybridized carbons (Fsp3) is 1.00. The molecule has 0 bridgehead atoms. The standard InChI is InChI=1S/C15H34N2O2/c16-12-8-4-3-7-11-15(19)17-13-9-5-1-2-6-10-14-18/h15,17-19H,1-14,16H2. The van der Waals surface area contributed by atoms with Gasteiger partial charge in [0.2, 0.25) is 0 Å². The first-order valence-electron chi connectivity index (χ1n) is 8.03. The molecule has 19 heavy (non-hydrogen) atoms. The molecule has 0 aliphatic carbocycles. The lowest BCUT2D eigenvalue weighted by atomic mass is 10.1. The van der Waals surface area contributed by atoms with E-state index in [9.17, 15) is 5.11 Å². The number of nitrogens with two attached hydrogens (primary N) is 1. The normalized spacial score (nSPS) is 12.8. The van der Waals surface area contributed by atoms with E-state index in [1.165, 1.54) is 32.1 Å². The first-order chi connectivity index (χ1) is 9.31. The molecule has 0 spiro atoms. The van der Waals surface area contributed by atoms with Crippen LogP contribution in [-0.4, -0.2) is 36.1 Å². The second kappa shape index (κ2) is 15.9. The first kappa shape index (κ1) is 18.8. The van der Waals surface area contributed by atoms with E-state index in [1.54, 1.807) is 0 Å². The topological polar surface area (TPSA) is 78.5 Å². The summed E-state index contributed by atoms with van der Waals surface area (Å²) in [6.45, 7) is 2.00. The number of aliphatic hydroxyl groups is 2. The van der Waals surface area contributed by atoms with Crippen molar-refractivity contribution in [1.29, 1.82) is 0 Å². The molecule has 0 radical (unpaired) electrons. The van der Waals surface area contributed by atoms with Gasteiger partial charge >= 0.3 is 0 Å². The van der Waals surface area contributed by atoms with Crippen molar-refractivity contribution < 1.29 is 10.2 Å². The van der Waals surface area contributed by atoms with E-state index >= 15 is 0 Å². The fourth-order valence-electron chi connectivity index (χ4n) is 2.15. The van der Waals surface area contributed by atoms with Crippen LogP contribution >= 0.6 is 0 Å². The maximum absolute atomic E-state index is 9.71. The van der Waals surface area contributed by atoms with Crippen LogP contribution in [0.5, 0.6) is 0 Å². The summed E-state index contributed by atoms with van der Waals surface area (Å²) in [6.07, 6.45) is 11.9. The molecule has 0 fully saturated rings. The third-order valence-corrected chi connectivity index (χ3v) is 3.40. The number of unbranched alkanes of at least 4 members (excludes halogenated alkanes) is 8. The Morgan fingerprint density at radius 2 is 1.37 bits per heavy atom. The summed E-state index contributed by atoms with van der Waals surface area (Å²) < 4.78 is 0. The molecule has 1 atom stereocenters. The average Bonchev–Trinajstić information content (AvgIpc) is 2.41. The molecule has 0 aliphatic rings. The van der Waals surface area contributed by atoms with Crippen LogP contribution < -0.4 is 11.1 Å². The molecule has 0 aromatic carbocycles. The minimum atomic E-state index is -0.340. The summed E-state index contributed by atoms with van der Waals surface area (Å²) >= 11 is 0. The SMILES string of the molecule is NCCCCCCC(O)NCCCCCCCCO. The summed E-state index contributed by atoms with van der Waals surface area (Å²) in [5.74, 6) is 0. The Morgan fingerprint density at radius 1 is 0.789 bits per heavy atom. The van der Waals surface area contributed by atoms with Gasteiger partial charge in [-0.05, 0) is 45.2 Å². The molecule has 0 amide bonds. The van der Waals surface area contributed by atoms with E-state index in [0.717, 1.165) is 51.6 Å². The van der Waals surface area contributed by atoms with Gasteiger partial charge in [-0.2, -0.15) is 0 Å². The molecule has 0 rings (SSSR count). The van der Waals surface area contributed by atoms with Crippen molar-refractivity contribution in [2.24, 2.45) is 5.73 Å². The zero-order valence-corrected chi connectivity index (χ0v) is 12.4. The zero-order valence-electron chi connectivity index (χ0n) is 12.4. The molecule has 4 nitrogen and oxygen atoms in total. The summed E-state index contributed by atoms with van der Waals surface area (Å²) in [5.41, 5.74) is 5.43.